The van der Waals surface area contributed by atoms with Gasteiger partial charge >= 0.3 is 6.03 Å². The molecule has 4 rings (SSSR count). The minimum atomic E-state index is -0.597. The van der Waals surface area contributed by atoms with Gasteiger partial charge in [0.05, 0.1) is 12.1 Å². The molecule has 5 nitrogen and oxygen atoms in total. The van der Waals surface area contributed by atoms with Crippen LogP contribution in [0.25, 0.3) is 10.9 Å². The van der Waals surface area contributed by atoms with Gasteiger partial charge in [-0.15, -0.1) is 0 Å². The van der Waals surface area contributed by atoms with Crippen LogP contribution in [0.15, 0.2) is 54.7 Å². The quantitative estimate of drug-likeness (QED) is 0.654. The Hall–Kier alpha value is -2.79. The van der Waals surface area contributed by atoms with Crippen LogP contribution in [0.1, 0.15) is 31.0 Å². The Balaban J connectivity index is 1.47. The second kappa shape index (κ2) is 7.08. The number of aliphatic hydroxyl groups is 1. The van der Waals surface area contributed by atoms with Crippen molar-refractivity contribution in [1.82, 2.24) is 9.88 Å². The molecule has 0 radical (unpaired) electrons. The van der Waals surface area contributed by atoms with Crippen LogP contribution in [-0.2, 0) is 13.0 Å². The zero-order valence-electron chi connectivity index (χ0n) is 15.6. The lowest BCUT2D eigenvalue weighted by atomic mass is 10.1. The zero-order valence-corrected chi connectivity index (χ0v) is 15.6. The lowest BCUT2D eigenvalue weighted by molar-refractivity contribution is 0.144. The standard InChI is InChI=1S/C22H25N3O2/c1-14(2)13-25-10-9-16-11-17(7-8-19(16)25)23-22(27)24-21-18-6-4-3-5-15(18)12-20(21)26/h3-11,14,20-21,26H,12-13H2,1-2H3,(H2,23,24,27)/t20-,21+/m0/s1. The van der Waals surface area contributed by atoms with E-state index in [1.165, 1.54) is 0 Å². The average Bonchev–Trinajstić information content (AvgIpc) is 3.15. The fourth-order valence-electron chi connectivity index (χ4n) is 3.89. The molecule has 1 heterocycles. The van der Waals surface area contributed by atoms with Gasteiger partial charge in [-0.3, -0.25) is 0 Å². The van der Waals surface area contributed by atoms with Gasteiger partial charge < -0.3 is 20.3 Å². The van der Waals surface area contributed by atoms with Crippen molar-refractivity contribution in [3.63, 3.8) is 0 Å². The number of hydrogen-bond acceptors (Lipinski definition) is 2. The molecule has 2 amide bonds. The Morgan fingerprint density at radius 1 is 1.22 bits per heavy atom. The van der Waals surface area contributed by atoms with Crippen molar-refractivity contribution in [3.8, 4) is 0 Å². The van der Waals surface area contributed by atoms with E-state index >= 15 is 0 Å². The molecule has 2 atom stereocenters. The first-order valence-corrected chi connectivity index (χ1v) is 9.43. The monoisotopic (exact) mass is 363 g/mol. The summed E-state index contributed by atoms with van der Waals surface area (Å²) >= 11 is 0. The number of nitrogens with one attached hydrogen (secondary N) is 2. The fraction of sp³-hybridized carbons (Fsp3) is 0.318. The number of aliphatic hydroxyl groups excluding tert-OH is 1. The molecule has 0 saturated heterocycles. The number of amides is 2. The number of fused-ring (bicyclic) bond motifs is 2. The summed E-state index contributed by atoms with van der Waals surface area (Å²) in [6.07, 6.45) is 2.05. The molecule has 27 heavy (non-hydrogen) atoms. The van der Waals surface area contributed by atoms with Crippen molar-refractivity contribution in [2.45, 2.75) is 39.0 Å². The van der Waals surface area contributed by atoms with Gasteiger partial charge in [0.25, 0.3) is 0 Å². The molecule has 140 valence electrons. The van der Waals surface area contributed by atoms with Gasteiger partial charge in [0, 0.05) is 35.8 Å². The molecule has 0 saturated carbocycles. The number of aromatic nitrogens is 1. The van der Waals surface area contributed by atoms with E-state index in [0.717, 1.165) is 34.3 Å². The molecule has 3 N–H and O–H groups in total. The van der Waals surface area contributed by atoms with Gasteiger partial charge in [0.2, 0.25) is 0 Å². The third-order valence-electron chi connectivity index (χ3n) is 5.08. The molecule has 0 fully saturated rings. The highest BCUT2D eigenvalue weighted by atomic mass is 16.3. The highest BCUT2D eigenvalue weighted by Crippen LogP contribution is 2.31. The number of urea groups is 1. The second-order valence-corrected chi connectivity index (χ2v) is 7.68. The topological polar surface area (TPSA) is 66.3 Å². The molecule has 1 aliphatic rings. The maximum atomic E-state index is 12.5. The predicted octanol–water partition coefficient (Wildman–Crippen LogP) is 4.08. The fourth-order valence-corrected chi connectivity index (χ4v) is 3.89. The highest BCUT2D eigenvalue weighted by Gasteiger charge is 2.31. The summed E-state index contributed by atoms with van der Waals surface area (Å²) in [6, 6.07) is 15.1. The molecule has 0 unspecified atom stereocenters. The molecular formula is C22H25N3O2. The first-order valence-electron chi connectivity index (χ1n) is 9.43. The van der Waals surface area contributed by atoms with Crippen LogP contribution in [0.4, 0.5) is 10.5 Å². The number of carbonyl (C=O) groups excluding carboxylic acids is 1. The van der Waals surface area contributed by atoms with Crippen molar-refractivity contribution in [2.24, 2.45) is 5.92 Å². The summed E-state index contributed by atoms with van der Waals surface area (Å²) in [5, 5.41) is 17.2. The summed E-state index contributed by atoms with van der Waals surface area (Å²) in [5.74, 6) is 0.574. The maximum Gasteiger partial charge on any atom is 0.319 e. The van der Waals surface area contributed by atoms with E-state index in [9.17, 15) is 9.90 Å². The average molecular weight is 363 g/mol. The van der Waals surface area contributed by atoms with Crippen molar-refractivity contribution in [3.05, 3.63) is 65.9 Å². The second-order valence-electron chi connectivity index (χ2n) is 7.68. The minimum absolute atomic E-state index is 0.309. The Bertz CT molecular complexity index is 977. The Morgan fingerprint density at radius 2 is 2.04 bits per heavy atom. The Morgan fingerprint density at radius 3 is 2.85 bits per heavy atom. The van der Waals surface area contributed by atoms with E-state index < -0.39 is 6.10 Å². The van der Waals surface area contributed by atoms with Crippen molar-refractivity contribution in [1.29, 1.82) is 0 Å². The van der Waals surface area contributed by atoms with Crippen LogP contribution in [0.3, 0.4) is 0 Å². The van der Waals surface area contributed by atoms with E-state index in [2.05, 4.69) is 41.3 Å². The molecule has 0 bridgehead atoms. The molecule has 0 spiro atoms. The molecule has 5 heteroatoms. The first-order chi connectivity index (χ1) is 13.0. The van der Waals surface area contributed by atoms with Gasteiger partial charge in [-0.25, -0.2) is 4.79 Å². The smallest absolute Gasteiger partial charge is 0.319 e. The highest BCUT2D eigenvalue weighted by molar-refractivity contribution is 5.93. The normalized spacial score (nSPS) is 18.7. The first kappa shape index (κ1) is 17.6. The lowest BCUT2D eigenvalue weighted by Crippen LogP contribution is -2.36. The van der Waals surface area contributed by atoms with Gasteiger partial charge in [-0.05, 0) is 41.3 Å². The summed E-state index contributed by atoms with van der Waals surface area (Å²) in [5.41, 5.74) is 3.97. The van der Waals surface area contributed by atoms with Crippen LogP contribution in [0.2, 0.25) is 0 Å². The number of benzene rings is 2. The van der Waals surface area contributed by atoms with E-state index in [1.54, 1.807) is 0 Å². The van der Waals surface area contributed by atoms with Gasteiger partial charge in [-0.1, -0.05) is 38.1 Å². The summed E-state index contributed by atoms with van der Waals surface area (Å²) in [6.45, 7) is 5.36. The van der Waals surface area contributed by atoms with E-state index in [4.69, 9.17) is 0 Å². The summed E-state index contributed by atoms with van der Waals surface area (Å²) in [4.78, 5) is 12.5. The summed E-state index contributed by atoms with van der Waals surface area (Å²) in [7, 11) is 0. The van der Waals surface area contributed by atoms with E-state index in [-0.39, 0.29) is 12.1 Å². The molecule has 1 aromatic heterocycles. The molecule has 1 aliphatic carbocycles. The molecule has 2 aromatic carbocycles. The number of rotatable bonds is 4. The molecular weight excluding hydrogens is 338 g/mol. The van der Waals surface area contributed by atoms with Crippen molar-refractivity contribution in [2.75, 3.05) is 5.32 Å². The van der Waals surface area contributed by atoms with Gasteiger partial charge in [0.15, 0.2) is 0 Å². The lowest BCUT2D eigenvalue weighted by Gasteiger charge is -2.18. The number of hydrogen-bond donors (Lipinski definition) is 3. The Labute approximate surface area is 159 Å². The number of anilines is 1. The predicted molar refractivity (Wildman–Crippen MR) is 108 cm³/mol. The molecule has 3 aromatic rings. The number of carbonyl (C=O) groups is 1. The minimum Gasteiger partial charge on any atom is -0.390 e. The third-order valence-corrected chi connectivity index (χ3v) is 5.08. The Kier molecular flexibility index (Phi) is 4.62. The van der Waals surface area contributed by atoms with Crippen LogP contribution >= 0.6 is 0 Å². The maximum absolute atomic E-state index is 12.5. The van der Waals surface area contributed by atoms with E-state index in [0.29, 0.717) is 12.3 Å². The number of nitrogens with zero attached hydrogens (tertiary/aromatic N) is 1. The van der Waals surface area contributed by atoms with Crippen LogP contribution < -0.4 is 10.6 Å². The van der Waals surface area contributed by atoms with Crippen LogP contribution in [0.5, 0.6) is 0 Å². The zero-order chi connectivity index (χ0) is 19.0. The molecule has 0 aliphatic heterocycles. The SMILES string of the molecule is CC(C)Cn1ccc2cc(NC(=O)N[C@@H]3c4ccccc4C[C@@H]3O)ccc21. The van der Waals surface area contributed by atoms with Crippen molar-refractivity contribution >= 4 is 22.6 Å². The third kappa shape index (κ3) is 3.55. The van der Waals surface area contributed by atoms with Gasteiger partial charge in [0.1, 0.15) is 0 Å². The van der Waals surface area contributed by atoms with Crippen LogP contribution in [0, 0.1) is 5.92 Å². The summed E-state index contributed by atoms with van der Waals surface area (Å²) < 4.78 is 2.23. The van der Waals surface area contributed by atoms with Crippen molar-refractivity contribution < 1.29 is 9.90 Å². The van der Waals surface area contributed by atoms with Crippen LogP contribution in [-0.4, -0.2) is 21.8 Å². The van der Waals surface area contributed by atoms with Gasteiger partial charge in [-0.2, -0.15) is 0 Å². The van der Waals surface area contributed by atoms with E-state index in [1.807, 2.05) is 42.5 Å². The largest absolute Gasteiger partial charge is 0.390 e.